The fourth-order valence-corrected chi connectivity index (χ4v) is 7.53. The zero-order valence-corrected chi connectivity index (χ0v) is 28.5. The number of hydrogen-bond acceptors (Lipinski definition) is 7. The van der Waals surface area contributed by atoms with Crippen LogP contribution in [0, 0.1) is 23.2 Å². The van der Waals surface area contributed by atoms with Crippen molar-refractivity contribution in [2.24, 2.45) is 11.8 Å². The molecule has 7 nitrogen and oxygen atoms in total. The van der Waals surface area contributed by atoms with Crippen LogP contribution in [0.5, 0.6) is 0 Å². The Balaban J connectivity index is 1.06. The molecule has 248 valence electrons. The van der Waals surface area contributed by atoms with Gasteiger partial charge in [0.15, 0.2) is 6.29 Å². The third-order valence-electron chi connectivity index (χ3n) is 10.2. The molecule has 0 N–H and O–H groups in total. The Morgan fingerprint density at radius 3 is 2.74 bits per heavy atom. The average molecular weight is 657 g/mol. The monoisotopic (exact) mass is 656 g/mol. The molecule has 5 aliphatic rings. The molecule has 47 heavy (non-hydrogen) atoms. The summed E-state index contributed by atoms with van der Waals surface area (Å²) in [4.78, 5) is 17.7. The van der Waals surface area contributed by atoms with Gasteiger partial charge in [0.2, 0.25) is 0 Å². The number of hydroxylamine groups is 2. The van der Waals surface area contributed by atoms with Gasteiger partial charge in [-0.2, -0.15) is 10.3 Å². The van der Waals surface area contributed by atoms with Crippen LogP contribution >= 0.6 is 11.6 Å². The minimum absolute atomic E-state index is 0.249. The maximum Gasteiger partial charge on any atom is 0.153 e. The number of aldehydes is 1. The summed E-state index contributed by atoms with van der Waals surface area (Å²) >= 11 is 6.62. The Morgan fingerprint density at radius 1 is 1.13 bits per heavy atom. The van der Waals surface area contributed by atoms with Gasteiger partial charge in [-0.1, -0.05) is 42.8 Å². The normalized spacial score (nSPS) is 26.2. The molecule has 1 aromatic carbocycles. The van der Waals surface area contributed by atoms with Crippen molar-refractivity contribution in [3.05, 3.63) is 104 Å². The lowest BCUT2D eigenvalue weighted by Gasteiger charge is -2.33. The highest BCUT2D eigenvalue weighted by Crippen LogP contribution is 2.41. The Hall–Kier alpha value is -3.41. The van der Waals surface area contributed by atoms with Gasteiger partial charge in [0, 0.05) is 35.9 Å². The molecule has 1 aliphatic heterocycles. The van der Waals surface area contributed by atoms with Gasteiger partial charge in [0.1, 0.15) is 24.2 Å². The average Bonchev–Trinajstić information content (AvgIpc) is 3.35. The second-order valence-electron chi connectivity index (χ2n) is 13.3. The molecule has 0 spiro atoms. The number of rotatable bonds is 13. The Labute approximate surface area is 283 Å². The number of hydrogen-bond donors (Lipinski definition) is 0. The lowest BCUT2D eigenvalue weighted by atomic mass is 9.80. The maximum absolute atomic E-state index is 11.8. The lowest BCUT2D eigenvalue weighted by molar-refractivity contribution is -0.136. The van der Waals surface area contributed by atoms with Gasteiger partial charge < -0.3 is 14.2 Å². The molecule has 0 bridgehead atoms. The summed E-state index contributed by atoms with van der Waals surface area (Å²) in [6.45, 7) is 9.83. The number of fused-ring (bicyclic) bond motifs is 1. The molecule has 1 saturated heterocycles. The van der Waals surface area contributed by atoms with Crippen LogP contribution in [0.3, 0.4) is 0 Å². The summed E-state index contributed by atoms with van der Waals surface area (Å²) in [6, 6.07) is 10.0. The Morgan fingerprint density at radius 2 is 1.98 bits per heavy atom. The Kier molecular flexibility index (Phi) is 10.8. The van der Waals surface area contributed by atoms with Crippen LogP contribution in [0.1, 0.15) is 76.8 Å². The number of halogens is 1. The summed E-state index contributed by atoms with van der Waals surface area (Å²) in [6.07, 6.45) is 13.4. The van der Waals surface area contributed by atoms with Crippen LogP contribution < -0.4 is 0 Å². The SMILES string of the molecule is CC1=C(COC2CC(OCc3cccc(C#N)c3)=C(C=O)C=C2Cl)CCC=C1C1=CCC(C)C(OCCCN2OCC3CCC32)=C1C. The van der Waals surface area contributed by atoms with Gasteiger partial charge in [0.05, 0.1) is 37.0 Å². The second kappa shape index (κ2) is 15.2. The number of nitrogens with zero attached hydrogens (tertiary/aromatic N) is 2. The number of nitriles is 1. The first-order valence-electron chi connectivity index (χ1n) is 17.0. The van der Waals surface area contributed by atoms with Gasteiger partial charge in [-0.15, -0.1) is 0 Å². The number of benzene rings is 1. The van der Waals surface area contributed by atoms with E-state index in [0.29, 0.717) is 53.5 Å². The van der Waals surface area contributed by atoms with Crippen LogP contribution in [0.15, 0.2) is 92.5 Å². The van der Waals surface area contributed by atoms with Crippen molar-refractivity contribution < 1.29 is 23.8 Å². The van der Waals surface area contributed by atoms with Crippen molar-refractivity contribution in [2.75, 3.05) is 26.4 Å². The first kappa shape index (κ1) is 33.5. The molecule has 8 heteroatoms. The van der Waals surface area contributed by atoms with E-state index in [0.717, 1.165) is 62.4 Å². The topological polar surface area (TPSA) is 81.0 Å². The van der Waals surface area contributed by atoms with Crippen molar-refractivity contribution in [3.63, 3.8) is 0 Å². The van der Waals surface area contributed by atoms with Crippen molar-refractivity contribution in [2.45, 2.75) is 84.5 Å². The van der Waals surface area contributed by atoms with Crippen LogP contribution in [0.25, 0.3) is 0 Å². The number of carbonyl (C=O) groups is 1. The quantitative estimate of drug-likeness (QED) is 0.157. The maximum atomic E-state index is 11.8. The minimum Gasteiger partial charge on any atom is -0.497 e. The van der Waals surface area contributed by atoms with E-state index in [1.807, 2.05) is 12.1 Å². The van der Waals surface area contributed by atoms with Gasteiger partial charge in [-0.25, -0.2) is 0 Å². The van der Waals surface area contributed by atoms with Crippen molar-refractivity contribution in [1.29, 1.82) is 5.26 Å². The molecule has 4 atom stereocenters. The van der Waals surface area contributed by atoms with E-state index in [1.165, 1.54) is 40.7 Å². The number of ether oxygens (including phenoxy) is 3. The van der Waals surface area contributed by atoms with E-state index >= 15 is 0 Å². The second-order valence-corrected chi connectivity index (χ2v) is 13.7. The highest BCUT2D eigenvalue weighted by Gasteiger charge is 2.41. The number of carbonyl (C=O) groups excluding carboxylic acids is 1. The minimum atomic E-state index is -0.409. The molecular weight excluding hydrogens is 612 g/mol. The zero-order chi connectivity index (χ0) is 32.9. The molecule has 0 aromatic heterocycles. The zero-order valence-electron chi connectivity index (χ0n) is 27.7. The van der Waals surface area contributed by atoms with Gasteiger partial charge in [-0.3, -0.25) is 9.63 Å². The molecule has 6 rings (SSSR count). The highest BCUT2D eigenvalue weighted by atomic mass is 35.5. The fraction of sp³-hybridized carbons (Fsp3) is 0.487. The lowest BCUT2D eigenvalue weighted by Crippen LogP contribution is -2.39. The highest BCUT2D eigenvalue weighted by molar-refractivity contribution is 6.30. The largest absolute Gasteiger partial charge is 0.497 e. The van der Waals surface area contributed by atoms with Gasteiger partial charge in [-0.05, 0) is 104 Å². The molecule has 0 amide bonds. The predicted octanol–water partition coefficient (Wildman–Crippen LogP) is 8.15. The van der Waals surface area contributed by atoms with Crippen LogP contribution in [0.4, 0.5) is 0 Å². The van der Waals surface area contributed by atoms with E-state index in [4.69, 9.17) is 30.6 Å². The van der Waals surface area contributed by atoms with Crippen LogP contribution in [0.2, 0.25) is 0 Å². The summed E-state index contributed by atoms with van der Waals surface area (Å²) in [5.41, 5.74) is 8.08. The molecule has 0 radical (unpaired) electrons. The molecule has 2 fully saturated rings. The number of allylic oxidation sites excluding steroid dienone is 9. The smallest absolute Gasteiger partial charge is 0.153 e. The van der Waals surface area contributed by atoms with E-state index < -0.39 is 6.10 Å². The standard InChI is InChI=1S/C39H45ClN2O5/c1-25-11-13-34(27(3)39(25)44-16-6-15-42-36-14-12-31(36)24-47-42)33-10-5-9-30(26(33)2)23-46-38-19-37(32(21-43)18-35(38)40)45-22-29-8-4-7-28(17-29)20-41/h4,7-8,10,13,17-18,21,25,31,36,38H,5-6,9,11-12,14-16,19,22-24H2,1-3H3. The fourth-order valence-electron chi connectivity index (χ4n) is 7.27. The summed E-state index contributed by atoms with van der Waals surface area (Å²) in [7, 11) is 0. The van der Waals surface area contributed by atoms with E-state index in [-0.39, 0.29) is 6.61 Å². The van der Waals surface area contributed by atoms with E-state index in [1.54, 1.807) is 18.2 Å². The predicted molar refractivity (Wildman–Crippen MR) is 182 cm³/mol. The van der Waals surface area contributed by atoms with Crippen molar-refractivity contribution in [1.82, 2.24) is 5.06 Å². The summed E-state index contributed by atoms with van der Waals surface area (Å²) < 4.78 is 18.9. The third-order valence-corrected chi connectivity index (χ3v) is 10.6. The van der Waals surface area contributed by atoms with Crippen molar-refractivity contribution in [3.8, 4) is 6.07 Å². The first-order chi connectivity index (χ1) is 22.9. The van der Waals surface area contributed by atoms with Gasteiger partial charge in [0.25, 0.3) is 0 Å². The Bertz CT molecular complexity index is 1610. The molecule has 4 unspecified atom stereocenters. The molecule has 1 aromatic rings. The molecular formula is C39H45ClN2O5. The van der Waals surface area contributed by atoms with Crippen molar-refractivity contribution >= 4 is 17.9 Å². The van der Waals surface area contributed by atoms with E-state index in [9.17, 15) is 10.1 Å². The third kappa shape index (κ3) is 7.52. The molecule has 1 heterocycles. The summed E-state index contributed by atoms with van der Waals surface area (Å²) in [5, 5.41) is 11.9. The van der Waals surface area contributed by atoms with Crippen LogP contribution in [-0.4, -0.2) is 49.9 Å². The molecule has 4 aliphatic carbocycles. The summed E-state index contributed by atoms with van der Waals surface area (Å²) in [5.74, 6) is 2.74. The van der Waals surface area contributed by atoms with E-state index in [2.05, 4.69) is 44.1 Å². The van der Waals surface area contributed by atoms with Gasteiger partial charge >= 0.3 is 0 Å². The van der Waals surface area contributed by atoms with Crippen LogP contribution in [-0.2, 0) is 30.4 Å². The molecule has 1 saturated carbocycles. The first-order valence-corrected chi connectivity index (χ1v) is 17.4.